The van der Waals surface area contributed by atoms with Crippen LogP contribution in [0.1, 0.15) is 17.9 Å². The molecule has 1 aromatic heterocycles. The van der Waals surface area contributed by atoms with Crippen LogP contribution in [0.4, 0.5) is 5.69 Å². The van der Waals surface area contributed by atoms with Gasteiger partial charge >= 0.3 is 11.6 Å². The minimum absolute atomic E-state index is 0.0231. The third-order valence-electron chi connectivity index (χ3n) is 4.34. The minimum atomic E-state index is -0.747. The minimum Gasteiger partial charge on any atom is -0.505 e. The molecule has 1 N–H and O–H groups in total. The highest BCUT2D eigenvalue weighted by Crippen LogP contribution is 2.52. The second-order valence-corrected chi connectivity index (χ2v) is 5.96. The van der Waals surface area contributed by atoms with Crippen molar-refractivity contribution in [3.8, 4) is 17.2 Å². The zero-order chi connectivity index (χ0) is 17.2. The van der Waals surface area contributed by atoms with Crippen molar-refractivity contribution in [2.45, 2.75) is 18.6 Å². The van der Waals surface area contributed by atoms with Crippen LogP contribution in [0, 0.1) is 0 Å². The summed E-state index contributed by atoms with van der Waals surface area (Å²) >= 11 is 0. The van der Waals surface area contributed by atoms with E-state index in [1.165, 1.54) is 12.0 Å². The molecule has 1 fully saturated rings. The van der Waals surface area contributed by atoms with Gasteiger partial charge in [-0.05, 0) is 0 Å². The second-order valence-electron chi connectivity index (χ2n) is 5.96. The highest BCUT2D eigenvalue weighted by Gasteiger charge is 2.47. The van der Waals surface area contributed by atoms with Crippen molar-refractivity contribution >= 4 is 22.6 Å². The van der Waals surface area contributed by atoms with Gasteiger partial charge in [0.05, 0.1) is 19.4 Å². The number of carbonyl (C=O) groups excluding carboxylic acids is 1. The summed E-state index contributed by atoms with van der Waals surface area (Å²) < 4.78 is 21.6. The molecule has 0 bridgehead atoms. The first kappa shape index (κ1) is 14.7. The fraction of sp³-hybridized carbons (Fsp3) is 0.375. The van der Waals surface area contributed by atoms with Gasteiger partial charge in [0.15, 0.2) is 17.0 Å². The number of nitrogens with zero attached hydrogens (tertiary/aromatic N) is 1. The van der Waals surface area contributed by atoms with Crippen LogP contribution in [0.15, 0.2) is 15.3 Å². The third-order valence-corrected chi connectivity index (χ3v) is 4.34. The number of carbonyl (C=O) groups is 1. The van der Waals surface area contributed by atoms with Crippen molar-refractivity contribution in [1.82, 2.24) is 0 Å². The molecule has 4 rings (SSSR count). The molecule has 2 aliphatic heterocycles. The van der Waals surface area contributed by atoms with Crippen molar-refractivity contribution in [2.75, 3.05) is 26.1 Å². The molecule has 2 unspecified atom stereocenters. The van der Waals surface area contributed by atoms with Gasteiger partial charge in [0, 0.05) is 25.7 Å². The zero-order valence-electron chi connectivity index (χ0n) is 13.3. The Morgan fingerprint density at radius 2 is 2.04 bits per heavy atom. The van der Waals surface area contributed by atoms with E-state index in [4.69, 9.17) is 18.6 Å². The van der Waals surface area contributed by atoms with Gasteiger partial charge in [-0.25, -0.2) is 4.79 Å². The van der Waals surface area contributed by atoms with Crippen LogP contribution in [0.5, 0.6) is 17.2 Å². The predicted molar refractivity (Wildman–Crippen MR) is 82.9 cm³/mol. The monoisotopic (exact) mass is 333 g/mol. The number of methoxy groups -OCH3 is 1. The molecular formula is C16H15NO7. The Labute approximate surface area is 136 Å². The molecule has 8 heteroatoms. The molecule has 24 heavy (non-hydrogen) atoms. The Morgan fingerprint density at radius 3 is 2.71 bits per heavy atom. The van der Waals surface area contributed by atoms with Gasteiger partial charge < -0.3 is 28.6 Å². The summed E-state index contributed by atoms with van der Waals surface area (Å²) in [5.41, 5.74) is 0.0340. The van der Waals surface area contributed by atoms with Gasteiger partial charge in [-0.15, -0.1) is 0 Å². The summed E-state index contributed by atoms with van der Waals surface area (Å²) in [4.78, 5) is 25.3. The molecule has 0 aliphatic carbocycles. The number of hydrogen-bond donors (Lipinski definition) is 1. The molecule has 0 spiro atoms. The Hall–Kier alpha value is -2.90. The van der Waals surface area contributed by atoms with E-state index in [-0.39, 0.29) is 40.7 Å². The number of hydrogen-bond acceptors (Lipinski definition) is 8. The smallest absolute Gasteiger partial charge is 0.363 e. The standard InChI is InChI=1S/C16H15NO7/c1-17(2)12-13(19)11-7(21-3)5-8-10(14(11)24-15(12)20)6-4-9(18)23-16(6)22-8/h5-6,16,19H,4H2,1-3H3. The van der Waals surface area contributed by atoms with E-state index >= 15 is 0 Å². The van der Waals surface area contributed by atoms with Gasteiger partial charge in [-0.2, -0.15) is 0 Å². The maximum Gasteiger partial charge on any atom is 0.363 e. The third kappa shape index (κ3) is 1.79. The van der Waals surface area contributed by atoms with Crippen LogP contribution in [0.3, 0.4) is 0 Å². The molecule has 2 aliphatic rings. The maximum absolute atomic E-state index is 12.3. The Kier molecular flexibility index (Phi) is 2.93. The summed E-state index contributed by atoms with van der Waals surface area (Å²) in [6.45, 7) is 0. The van der Waals surface area contributed by atoms with Gasteiger partial charge in [0.1, 0.15) is 16.9 Å². The molecule has 0 saturated carbocycles. The van der Waals surface area contributed by atoms with Crippen LogP contribution in [-0.2, 0) is 9.53 Å². The highest BCUT2D eigenvalue weighted by atomic mass is 16.7. The number of anilines is 1. The zero-order valence-corrected chi connectivity index (χ0v) is 13.3. The lowest BCUT2D eigenvalue weighted by Crippen LogP contribution is -2.18. The average Bonchev–Trinajstić information content (AvgIpc) is 3.00. The summed E-state index contributed by atoms with van der Waals surface area (Å²) in [5, 5.41) is 10.9. The second kappa shape index (κ2) is 4.80. The fourth-order valence-corrected chi connectivity index (χ4v) is 3.32. The molecule has 2 aromatic rings. The summed E-state index contributed by atoms with van der Waals surface area (Å²) in [5.74, 6) is -0.272. The van der Waals surface area contributed by atoms with E-state index in [9.17, 15) is 14.7 Å². The molecular weight excluding hydrogens is 318 g/mol. The maximum atomic E-state index is 12.3. The largest absolute Gasteiger partial charge is 0.505 e. The van der Waals surface area contributed by atoms with Crippen molar-refractivity contribution in [1.29, 1.82) is 0 Å². The van der Waals surface area contributed by atoms with Crippen molar-refractivity contribution in [3.63, 3.8) is 0 Å². The highest BCUT2D eigenvalue weighted by molar-refractivity contribution is 5.98. The summed E-state index contributed by atoms with van der Waals surface area (Å²) in [6, 6.07) is 1.60. The number of esters is 1. The number of benzene rings is 1. The first-order valence-corrected chi connectivity index (χ1v) is 7.36. The molecule has 1 saturated heterocycles. The van der Waals surface area contributed by atoms with E-state index in [1.54, 1.807) is 20.2 Å². The SMILES string of the molecule is COc1cc2c(c3oc(=O)c(N(C)C)c(O)c13)C1CC(=O)OC1O2. The average molecular weight is 333 g/mol. The lowest BCUT2D eigenvalue weighted by atomic mass is 9.95. The molecule has 8 nitrogen and oxygen atoms in total. The summed E-state index contributed by atoms with van der Waals surface area (Å²) in [7, 11) is 4.69. The van der Waals surface area contributed by atoms with Gasteiger partial charge in [-0.1, -0.05) is 0 Å². The molecule has 0 radical (unpaired) electrons. The van der Waals surface area contributed by atoms with Crippen molar-refractivity contribution in [3.05, 3.63) is 22.0 Å². The van der Waals surface area contributed by atoms with E-state index in [1.807, 2.05) is 0 Å². The molecule has 2 atom stereocenters. The van der Waals surface area contributed by atoms with Crippen LogP contribution in [-0.4, -0.2) is 38.6 Å². The lowest BCUT2D eigenvalue weighted by Gasteiger charge is -2.16. The first-order chi connectivity index (χ1) is 11.4. The van der Waals surface area contributed by atoms with Gasteiger partial charge in [0.25, 0.3) is 6.29 Å². The number of ether oxygens (including phenoxy) is 3. The van der Waals surface area contributed by atoms with Crippen molar-refractivity contribution in [2.24, 2.45) is 0 Å². The van der Waals surface area contributed by atoms with Gasteiger partial charge in [0.2, 0.25) is 0 Å². The Balaban J connectivity index is 2.09. The Bertz CT molecular complexity index is 930. The fourth-order valence-electron chi connectivity index (χ4n) is 3.32. The summed E-state index contributed by atoms with van der Waals surface area (Å²) in [6.07, 6.45) is -0.622. The Morgan fingerprint density at radius 1 is 1.29 bits per heavy atom. The van der Waals surface area contributed by atoms with E-state index in [2.05, 4.69) is 0 Å². The predicted octanol–water partition coefficient (Wildman–Crippen LogP) is 1.32. The number of rotatable bonds is 2. The topological polar surface area (TPSA) is 98.4 Å². The molecule has 126 valence electrons. The van der Waals surface area contributed by atoms with Crippen molar-refractivity contribution < 1.29 is 28.5 Å². The quantitative estimate of drug-likeness (QED) is 0.649. The number of fused-ring (bicyclic) bond motifs is 5. The first-order valence-electron chi connectivity index (χ1n) is 7.36. The normalized spacial score (nSPS) is 21.2. The molecule has 0 amide bonds. The van der Waals surface area contributed by atoms with E-state index < -0.39 is 11.9 Å². The number of aromatic hydroxyl groups is 1. The van der Waals surface area contributed by atoms with Crippen LogP contribution >= 0.6 is 0 Å². The van der Waals surface area contributed by atoms with Gasteiger partial charge in [-0.3, -0.25) is 4.79 Å². The van der Waals surface area contributed by atoms with E-state index in [0.29, 0.717) is 17.1 Å². The van der Waals surface area contributed by atoms with Crippen LogP contribution in [0.2, 0.25) is 0 Å². The lowest BCUT2D eigenvalue weighted by molar-refractivity contribution is -0.150. The van der Waals surface area contributed by atoms with Crippen LogP contribution < -0.4 is 20.0 Å². The van der Waals surface area contributed by atoms with Crippen LogP contribution in [0.25, 0.3) is 11.0 Å². The molecule has 3 heterocycles. The molecule has 1 aromatic carbocycles. The van der Waals surface area contributed by atoms with E-state index in [0.717, 1.165) is 0 Å².